The first-order valence-electron chi connectivity index (χ1n) is 10.4. The Balaban J connectivity index is 1.82. The zero-order valence-corrected chi connectivity index (χ0v) is 17.7. The van der Waals surface area contributed by atoms with Crippen LogP contribution >= 0.6 is 0 Å². The van der Waals surface area contributed by atoms with Gasteiger partial charge >= 0.3 is 0 Å². The van der Waals surface area contributed by atoms with Crippen molar-refractivity contribution in [3.8, 4) is 16.9 Å². The van der Waals surface area contributed by atoms with E-state index in [1.165, 1.54) is 5.56 Å². The van der Waals surface area contributed by atoms with Crippen LogP contribution in [0.4, 0.5) is 0 Å². The number of hydrogen-bond donors (Lipinski definition) is 0. The molecule has 4 heteroatoms. The average Bonchev–Trinajstić information content (AvgIpc) is 3.15. The number of rotatable bonds is 4. The summed E-state index contributed by atoms with van der Waals surface area (Å²) in [5.74, 6) is -0.174. The molecule has 3 aromatic rings. The highest BCUT2D eigenvalue weighted by Gasteiger charge is 2.35. The zero-order chi connectivity index (χ0) is 21.3. The van der Waals surface area contributed by atoms with E-state index in [1.54, 1.807) is 10.8 Å². The number of para-hydroxylation sites is 1. The van der Waals surface area contributed by atoms with Crippen molar-refractivity contribution in [1.82, 2.24) is 9.78 Å². The third kappa shape index (κ3) is 4.04. The topological polar surface area (TPSA) is 52.0 Å². The van der Waals surface area contributed by atoms with Crippen LogP contribution in [-0.2, 0) is 16.0 Å². The van der Waals surface area contributed by atoms with Gasteiger partial charge in [0.2, 0.25) is 0 Å². The molecule has 1 aliphatic carbocycles. The van der Waals surface area contributed by atoms with Crippen molar-refractivity contribution >= 4 is 17.6 Å². The molecular formula is C26H26N2O2. The molecule has 1 fully saturated rings. The number of ketones is 2. The van der Waals surface area contributed by atoms with Gasteiger partial charge in [-0.05, 0) is 35.6 Å². The van der Waals surface area contributed by atoms with Gasteiger partial charge in [-0.1, -0.05) is 63.2 Å². The number of allylic oxidation sites excluding steroid dienone is 1. The van der Waals surface area contributed by atoms with Gasteiger partial charge in [0.1, 0.15) is 0 Å². The van der Waals surface area contributed by atoms with Crippen LogP contribution in [0.15, 0.2) is 66.4 Å². The molecule has 0 spiro atoms. The van der Waals surface area contributed by atoms with E-state index in [4.69, 9.17) is 5.10 Å². The first kappa shape index (κ1) is 20.0. The summed E-state index contributed by atoms with van der Waals surface area (Å²) in [6, 6.07) is 18.1. The smallest absolute Gasteiger partial charge is 0.167 e. The summed E-state index contributed by atoms with van der Waals surface area (Å²) >= 11 is 0. The summed E-state index contributed by atoms with van der Waals surface area (Å²) in [4.78, 5) is 25.4. The number of benzene rings is 2. The SMILES string of the molecule is CCc1ccc(-c2nn(-c3ccccc3)cc2C=C2C(=O)CC(C)(C)CC2=O)cc1. The fraction of sp³-hybridized carbons (Fsp3) is 0.269. The minimum absolute atomic E-state index is 0.0870. The maximum absolute atomic E-state index is 12.7. The maximum Gasteiger partial charge on any atom is 0.167 e. The zero-order valence-electron chi connectivity index (χ0n) is 17.7. The van der Waals surface area contributed by atoms with Crippen LogP contribution in [0.5, 0.6) is 0 Å². The van der Waals surface area contributed by atoms with Crippen LogP contribution in [0.1, 0.15) is 44.7 Å². The van der Waals surface area contributed by atoms with Crippen molar-refractivity contribution in [2.45, 2.75) is 40.0 Å². The summed E-state index contributed by atoms with van der Waals surface area (Å²) in [6.45, 7) is 6.05. The highest BCUT2D eigenvalue weighted by molar-refractivity contribution is 6.25. The predicted octanol–water partition coefficient (Wildman–Crippen LogP) is 5.44. The first-order chi connectivity index (χ1) is 14.4. The number of Topliss-reactive ketones (excluding diaryl/α,β-unsaturated/α-hetero) is 2. The summed E-state index contributed by atoms with van der Waals surface area (Å²) < 4.78 is 1.80. The quantitative estimate of drug-likeness (QED) is 0.434. The van der Waals surface area contributed by atoms with Gasteiger partial charge in [-0.3, -0.25) is 9.59 Å². The molecule has 0 radical (unpaired) electrons. The van der Waals surface area contributed by atoms with Gasteiger partial charge < -0.3 is 0 Å². The van der Waals surface area contributed by atoms with E-state index in [9.17, 15) is 9.59 Å². The number of aromatic nitrogens is 2. The molecule has 0 atom stereocenters. The van der Waals surface area contributed by atoms with E-state index in [0.717, 1.165) is 28.9 Å². The molecule has 0 bridgehead atoms. The fourth-order valence-electron chi connectivity index (χ4n) is 3.92. The average molecular weight is 399 g/mol. The second-order valence-electron chi connectivity index (χ2n) is 8.69. The van der Waals surface area contributed by atoms with Crippen molar-refractivity contribution in [1.29, 1.82) is 0 Å². The Hall–Kier alpha value is -3.27. The van der Waals surface area contributed by atoms with Crippen LogP contribution in [0.3, 0.4) is 0 Å². The van der Waals surface area contributed by atoms with Gasteiger partial charge in [0.05, 0.1) is 17.0 Å². The highest BCUT2D eigenvalue weighted by Crippen LogP contribution is 2.35. The minimum Gasteiger partial charge on any atom is -0.294 e. The summed E-state index contributed by atoms with van der Waals surface area (Å²) in [5.41, 5.74) is 4.69. The van der Waals surface area contributed by atoms with Crippen molar-refractivity contribution in [2.24, 2.45) is 5.41 Å². The van der Waals surface area contributed by atoms with Gasteiger partial charge in [-0.15, -0.1) is 0 Å². The van der Waals surface area contributed by atoms with Crippen LogP contribution < -0.4 is 0 Å². The molecule has 30 heavy (non-hydrogen) atoms. The molecule has 4 nitrogen and oxygen atoms in total. The first-order valence-corrected chi connectivity index (χ1v) is 10.4. The van der Waals surface area contributed by atoms with E-state index >= 15 is 0 Å². The Kier molecular flexibility index (Phi) is 5.25. The van der Waals surface area contributed by atoms with Gasteiger partial charge in [0.15, 0.2) is 11.6 Å². The van der Waals surface area contributed by atoms with E-state index < -0.39 is 0 Å². The molecule has 0 amide bonds. The third-order valence-corrected chi connectivity index (χ3v) is 5.58. The van der Waals surface area contributed by atoms with Gasteiger partial charge in [-0.2, -0.15) is 5.10 Å². The number of carbonyl (C=O) groups excluding carboxylic acids is 2. The molecule has 0 saturated heterocycles. The lowest BCUT2D eigenvalue weighted by Crippen LogP contribution is -2.31. The second-order valence-corrected chi connectivity index (χ2v) is 8.69. The van der Waals surface area contributed by atoms with Crippen LogP contribution in [-0.4, -0.2) is 21.3 Å². The lowest BCUT2D eigenvalue weighted by molar-refractivity contribution is -0.127. The summed E-state index contributed by atoms with van der Waals surface area (Å²) in [5, 5.41) is 4.80. The second kappa shape index (κ2) is 7.86. The molecule has 152 valence electrons. The molecule has 4 rings (SSSR count). The van der Waals surface area contributed by atoms with E-state index in [2.05, 4.69) is 19.1 Å². The lowest BCUT2D eigenvalue weighted by atomic mass is 9.74. The molecule has 1 heterocycles. The van der Waals surface area contributed by atoms with Crippen LogP contribution in [0.25, 0.3) is 23.0 Å². The summed E-state index contributed by atoms with van der Waals surface area (Å²) in [7, 11) is 0. The number of aryl methyl sites for hydroxylation is 1. The monoisotopic (exact) mass is 398 g/mol. The Morgan fingerprint density at radius 3 is 2.20 bits per heavy atom. The third-order valence-electron chi connectivity index (χ3n) is 5.58. The predicted molar refractivity (Wildman–Crippen MR) is 119 cm³/mol. The molecular weight excluding hydrogens is 372 g/mol. The summed E-state index contributed by atoms with van der Waals surface area (Å²) in [6.07, 6.45) is 5.37. The van der Waals surface area contributed by atoms with E-state index in [0.29, 0.717) is 12.8 Å². The minimum atomic E-state index is -0.279. The Bertz CT molecular complexity index is 1100. The van der Waals surface area contributed by atoms with Gasteiger partial charge in [-0.25, -0.2) is 4.68 Å². The largest absolute Gasteiger partial charge is 0.294 e. The Morgan fingerprint density at radius 2 is 1.60 bits per heavy atom. The molecule has 2 aromatic carbocycles. The molecule has 0 N–H and O–H groups in total. The normalized spacial score (nSPS) is 16.0. The standard InChI is InChI=1S/C26H26N2O2/c1-4-18-10-12-19(13-11-18)25-20(17-28(27-25)21-8-6-5-7-9-21)14-22-23(29)15-26(2,3)16-24(22)30/h5-14,17H,4,15-16H2,1-3H3. The van der Waals surface area contributed by atoms with Gasteiger partial charge in [0.25, 0.3) is 0 Å². The molecule has 1 aromatic heterocycles. The number of hydrogen-bond acceptors (Lipinski definition) is 3. The van der Waals surface area contributed by atoms with Crippen molar-refractivity contribution in [3.63, 3.8) is 0 Å². The van der Waals surface area contributed by atoms with Crippen molar-refractivity contribution in [2.75, 3.05) is 0 Å². The van der Waals surface area contributed by atoms with Crippen molar-refractivity contribution in [3.05, 3.63) is 77.5 Å². The molecule has 1 saturated carbocycles. The lowest BCUT2D eigenvalue weighted by Gasteiger charge is -2.28. The van der Waals surface area contributed by atoms with Crippen LogP contribution in [0.2, 0.25) is 0 Å². The van der Waals surface area contributed by atoms with Crippen LogP contribution in [0, 0.1) is 5.41 Å². The number of carbonyl (C=O) groups is 2. The number of nitrogens with zero attached hydrogens (tertiary/aromatic N) is 2. The fourth-order valence-corrected chi connectivity index (χ4v) is 3.92. The Morgan fingerprint density at radius 1 is 0.967 bits per heavy atom. The molecule has 1 aliphatic rings. The maximum atomic E-state index is 12.7. The van der Waals surface area contributed by atoms with E-state index in [1.807, 2.05) is 62.5 Å². The van der Waals surface area contributed by atoms with Crippen molar-refractivity contribution < 1.29 is 9.59 Å². The highest BCUT2D eigenvalue weighted by atomic mass is 16.1. The van der Waals surface area contributed by atoms with E-state index in [-0.39, 0.29) is 22.6 Å². The van der Waals surface area contributed by atoms with Gasteiger partial charge in [0, 0.05) is 30.2 Å². The molecule has 0 unspecified atom stereocenters. The molecule has 0 aliphatic heterocycles. The Labute approximate surface area is 177 Å².